The fourth-order valence-electron chi connectivity index (χ4n) is 1.69. The number of ether oxygens (including phenoxy) is 1. The molecule has 0 spiro atoms. The molecule has 1 aromatic heterocycles. The second-order valence-electron chi connectivity index (χ2n) is 4.15. The molecule has 0 bridgehead atoms. The van der Waals surface area contributed by atoms with Gasteiger partial charge >= 0.3 is 5.97 Å². The molecule has 0 unspecified atom stereocenters. The molecule has 0 aliphatic carbocycles. The molecule has 0 amide bonds. The number of furan rings is 1. The van der Waals surface area contributed by atoms with Gasteiger partial charge in [0.05, 0.1) is 15.5 Å². The first-order valence-corrected chi connectivity index (χ1v) is 6.57. The zero-order valence-corrected chi connectivity index (χ0v) is 12.4. The SMILES string of the molecule is Cc1oc(COc2cc([N+](=O)[O-])ccc2Br)cc1C(=O)O. The van der Waals surface area contributed by atoms with Gasteiger partial charge in [0.1, 0.15) is 29.4 Å². The number of benzene rings is 1. The number of halogens is 1. The number of aryl methyl sites for hydroxylation is 1. The van der Waals surface area contributed by atoms with E-state index in [0.717, 1.165) is 0 Å². The number of carboxylic acid groups (broad SMARTS) is 1. The maximum absolute atomic E-state index is 10.9. The van der Waals surface area contributed by atoms with Crippen LogP contribution in [0.5, 0.6) is 5.75 Å². The zero-order chi connectivity index (χ0) is 15.6. The van der Waals surface area contributed by atoms with Crippen molar-refractivity contribution in [3.05, 3.63) is 55.9 Å². The largest absolute Gasteiger partial charge is 0.484 e. The third kappa shape index (κ3) is 3.40. The monoisotopic (exact) mass is 355 g/mol. The fraction of sp³-hybridized carbons (Fsp3) is 0.154. The first kappa shape index (κ1) is 15.0. The van der Waals surface area contributed by atoms with Gasteiger partial charge < -0.3 is 14.3 Å². The van der Waals surface area contributed by atoms with Gasteiger partial charge in [0.2, 0.25) is 0 Å². The minimum absolute atomic E-state index is 0.0338. The Morgan fingerprint density at radius 2 is 2.19 bits per heavy atom. The molecule has 0 aliphatic rings. The van der Waals surface area contributed by atoms with Crippen molar-refractivity contribution in [2.75, 3.05) is 0 Å². The van der Waals surface area contributed by atoms with Gasteiger partial charge in [-0.2, -0.15) is 0 Å². The van der Waals surface area contributed by atoms with Gasteiger partial charge in [0.25, 0.3) is 5.69 Å². The molecule has 1 aromatic carbocycles. The Bertz CT molecular complexity index is 709. The average Bonchev–Trinajstić information content (AvgIpc) is 2.79. The predicted molar refractivity (Wildman–Crippen MR) is 75.5 cm³/mol. The van der Waals surface area contributed by atoms with E-state index in [1.54, 1.807) is 0 Å². The first-order chi connectivity index (χ1) is 9.88. The van der Waals surface area contributed by atoms with Crippen molar-refractivity contribution in [2.24, 2.45) is 0 Å². The van der Waals surface area contributed by atoms with Crippen molar-refractivity contribution < 1.29 is 24.0 Å². The lowest BCUT2D eigenvalue weighted by Gasteiger charge is -2.06. The molecule has 2 aromatic rings. The third-order valence-corrected chi connectivity index (χ3v) is 3.35. The van der Waals surface area contributed by atoms with Crippen LogP contribution in [0.3, 0.4) is 0 Å². The van der Waals surface area contributed by atoms with Crippen molar-refractivity contribution >= 4 is 27.6 Å². The van der Waals surface area contributed by atoms with Crippen molar-refractivity contribution in [3.63, 3.8) is 0 Å². The maximum atomic E-state index is 10.9. The van der Waals surface area contributed by atoms with Gasteiger partial charge in [-0.15, -0.1) is 0 Å². The van der Waals surface area contributed by atoms with Crippen LogP contribution in [0.4, 0.5) is 5.69 Å². The molecule has 110 valence electrons. The van der Waals surface area contributed by atoms with E-state index in [4.69, 9.17) is 14.3 Å². The Labute approximate surface area is 127 Å². The van der Waals surface area contributed by atoms with Crippen LogP contribution in [0.1, 0.15) is 21.9 Å². The molecule has 0 saturated heterocycles. The summed E-state index contributed by atoms with van der Waals surface area (Å²) in [6.07, 6.45) is 0. The molecule has 7 nitrogen and oxygen atoms in total. The Balaban J connectivity index is 2.16. The highest BCUT2D eigenvalue weighted by Gasteiger charge is 2.15. The molecule has 0 aliphatic heterocycles. The zero-order valence-electron chi connectivity index (χ0n) is 10.8. The summed E-state index contributed by atoms with van der Waals surface area (Å²) in [4.78, 5) is 21.1. The first-order valence-electron chi connectivity index (χ1n) is 5.78. The van der Waals surface area contributed by atoms with Gasteiger partial charge in [-0.3, -0.25) is 10.1 Å². The minimum atomic E-state index is -1.08. The van der Waals surface area contributed by atoms with E-state index >= 15 is 0 Å². The lowest BCUT2D eigenvalue weighted by atomic mass is 10.2. The van der Waals surface area contributed by atoms with Crippen LogP contribution in [-0.4, -0.2) is 16.0 Å². The number of hydrogen-bond acceptors (Lipinski definition) is 5. The number of aromatic carboxylic acids is 1. The molecule has 2 rings (SSSR count). The minimum Gasteiger partial charge on any atom is -0.484 e. The Hall–Kier alpha value is -2.35. The van der Waals surface area contributed by atoms with Crippen LogP contribution in [0.15, 0.2) is 33.2 Å². The Morgan fingerprint density at radius 3 is 2.76 bits per heavy atom. The number of nitro benzene ring substituents is 1. The van der Waals surface area contributed by atoms with Crippen molar-refractivity contribution in [1.29, 1.82) is 0 Å². The molecular weight excluding hydrogens is 346 g/mol. The molecule has 21 heavy (non-hydrogen) atoms. The maximum Gasteiger partial charge on any atom is 0.339 e. The third-order valence-electron chi connectivity index (χ3n) is 2.69. The molecule has 0 saturated carbocycles. The summed E-state index contributed by atoms with van der Waals surface area (Å²) >= 11 is 3.22. The molecule has 8 heteroatoms. The highest BCUT2D eigenvalue weighted by Crippen LogP contribution is 2.30. The summed E-state index contributed by atoms with van der Waals surface area (Å²) in [5.74, 6) is -0.211. The lowest BCUT2D eigenvalue weighted by molar-refractivity contribution is -0.385. The quantitative estimate of drug-likeness (QED) is 0.649. The van der Waals surface area contributed by atoms with E-state index in [9.17, 15) is 14.9 Å². The lowest BCUT2D eigenvalue weighted by Crippen LogP contribution is -1.97. The van der Waals surface area contributed by atoms with Crippen LogP contribution in [0.25, 0.3) is 0 Å². The molecular formula is C13H10BrNO6. The van der Waals surface area contributed by atoms with Crippen molar-refractivity contribution in [1.82, 2.24) is 0 Å². The second kappa shape index (κ2) is 5.96. The van der Waals surface area contributed by atoms with Crippen LogP contribution < -0.4 is 4.74 Å². The van der Waals surface area contributed by atoms with Gasteiger partial charge in [-0.25, -0.2) is 4.79 Å². The van der Waals surface area contributed by atoms with E-state index in [1.807, 2.05) is 0 Å². The second-order valence-corrected chi connectivity index (χ2v) is 5.00. The summed E-state index contributed by atoms with van der Waals surface area (Å²) in [7, 11) is 0. The molecule has 1 heterocycles. The Kier molecular flexibility index (Phi) is 4.27. The van der Waals surface area contributed by atoms with Crippen LogP contribution in [0, 0.1) is 17.0 Å². The smallest absolute Gasteiger partial charge is 0.339 e. The standard InChI is InChI=1S/C13H10BrNO6/c1-7-10(13(16)17)5-9(21-7)6-20-12-4-8(15(18)19)2-3-11(12)14/h2-5H,6H2,1H3,(H,16,17). The molecule has 0 radical (unpaired) electrons. The topological polar surface area (TPSA) is 103 Å². The van der Waals surface area contributed by atoms with Crippen molar-refractivity contribution in [2.45, 2.75) is 13.5 Å². The number of non-ortho nitro benzene ring substituents is 1. The van der Waals surface area contributed by atoms with Crippen LogP contribution in [-0.2, 0) is 6.61 Å². The summed E-state index contributed by atoms with van der Waals surface area (Å²) in [6, 6.07) is 5.49. The summed E-state index contributed by atoms with van der Waals surface area (Å²) in [5.41, 5.74) is -0.0400. The molecule has 1 N–H and O–H groups in total. The average molecular weight is 356 g/mol. The van der Waals surface area contributed by atoms with E-state index in [0.29, 0.717) is 10.2 Å². The molecule has 0 fully saturated rings. The van der Waals surface area contributed by atoms with Crippen LogP contribution >= 0.6 is 15.9 Å². The normalized spacial score (nSPS) is 10.4. The molecule has 0 atom stereocenters. The fourth-order valence-corrected chi connectivity index (χ4v) is 2.05. The Morgan fingerprint density at radius 1 is 1.48 bits per heavy atom. The van der Waals surface area contributed by atoms with Gasteiger partial charge in [0.15, 0.2) is 0 Å². The van der Waals surface area contributed by atoms with Gasteiger partial charge in [-0.1, -0.05) is 0 Å². The highest BCUT2D eigenvalue weighted by atomic mass is 79.9. The van der Waals surface area contributed by atoms with Gasteiger partial charge in [-0.05, 0) is 35.0 Å². The summed E-state index contributed by atoms with van der Waals surface area (Å²) in [6.45, 7) is 1.50. The summed E-state index contributed by atoms with van der Waals surface area (Å²) in [5, 5.41) is 19.6. The number of hydrogen-bond donors (Lipinski definition) is 1. The predicted octanol–water partition coefficient (Wildman–Crippen LogP) is 3.54. The van der Waals surface area contributed by atoms with E-state index < -0.39 is 10.9 Å². The number of carbonyl (C=O) groups is 1. The number of rotatable bonds is 5. The van der Waals surface area contributed by atoms with Crippen LogP contribution in [0.2, 0.25) is 0 Å². The highest BCUT2D eigenvalue weighted by molar-refractivity contribution is 9.10. The number of nitro groups is 1. The van der Waals surface area contributed by atoms with E-state index in [-0.39, 0.29) is 29.4 Å². The van der Waals surface area contributed by atoms with Gasteiger partial charge in [0, 0.05) is 6.07 Å². The van der Waals surface area contributed by atoms with E-state index in [2.05, 4.69) is 15.9 Å². The number of carboxylic acids is 1. The summed E-state index contributed by atoms with van der Waals surface area (Å²) < 4.78 is 11.2. The van der Waals surface area contributed by atoms with E-state index in [1.165, 1.54) is 31.2 Å². The number of nitrogens with zero attached hydrogens (tertiary/aromatic N) is 1. The van der Waals surface area contributed by atoms with Crippen molar-refractivity contribution in [3.8, 4) is 5.75 Å².